The first-order valence-electron chi connectivity index (χ1n) is 8.58. The molecule has 0 bridgehead atoms. The zero-order valence-electron chi connectivity index (χ0n) is 16.0. The summed E-state index contributed by atoms with van der Waals surface area (Å²) in [6.07, 6.45) is 1.71. The summed E-state index contributed by atoms with van der Waals surface area (Å²) in [7, 11) is 5.03. The largest absolute Gasteiger partial charge is 0.497 e. The van der Waals surface area contributed by atoms with Crippen molar-refractivity contribution >= 4 is 11.6 Å². The molecule has 27 heavy (non-hydrogen) atoms. The summed E-state index contributed by atoms with van der Waals surface area (Å²) in [5.41, 5.74) is 1.68. The Morgan fingerprint density at radius 1 is 1.11 bits per heavy atom. The lowest BCUT2D eigenvalue weighted by atomic mass is 10.2. The number of hydrogen-bond acceptors (Lipinski definition) is 5. The molecule has 2 rings (SSSR count). The lowest BCUT2D eigenvalue weighted by Crippen LogP contribution is -2.30. The number of rotatable bonds is 10. The average Bonchev–Trinajstić information content (AvgIpc) is 2.67. The highest BCUT2D eigenvalue weighted by molar-refractivity contribution is 5.93. The van der Waals surface area contributed by atoms with Gasteiger partial charge < -0.3 is 19.5 Å². The van der Waals surface area contributed by atoms with Gasteiger partial charge in [0.25, 0.3) is 0 Å². The highest BCUT2D eigenvalue weighted by Crippen LogP contribution is 2.28. The molecule has 0 saturated carbocycles. The van der Waals surface area contributed by atoms with Crippen LogP contribution in [0.25, 0.3) is 0 Å². The number of likely N-dealkylation sites (N-methyl/N-ethyl adjacent to an activating group) is 1. The summed E-state index contributed by atoms with van der Waals surface area (Å²) in [6.45, 7) is 4.99. The third-order valence-electron chi connectivity index (χ3n) is 3.84. The van der Waals surface area contributed by atoms with Crippen molar-refractivity contribution in [1.82, 2.24) is 4.90 Å². The Balaban J connectivity index is 1.91. The van der Waals surface area contributed by atoms with E-state index in [2.05, 4.69) is 11.9 Å². The van der Waals surface area contributed by atoms with Crippen LogP contribution in [0, 0.1) is 0 Å². The molecule has 2 aromatic rings. The number of benzene rings is 2. The van der Waals surface area contributed by atoms with Gasteiger partial charge in [0.2, 0.25) is 5.91 Å². The number of amides is 1. The highest BCUT2D eigenvalue weighted by atomic mass is 16.5. The Labute approximate surface area is 160 Å². The van der Waals surface area contributed by atoms with Crippen molar-refractivity contribution in [2.75, 3.05) is 39.7 Å². The van der Waals surface area contributed by atoms with Crippen LogP contribution in [-0.4, -0.2) is 45.2 Å². The minimum absolute atomic E-state index is 0.130. The molecule has 0 radical (unpaired) electrons. The van der Waals surface area contributed by atoms with E-state index in [4.69, 9.17) is 14.2 Å². The molecule has 0 unspecified atom stereocenters. The number of methoxy groups -OCH3 is 2. The van der Waals surface area contributed by atoms with Crippen molar-refractivity contribution in [2.45, 2.75) is 6.54 Å². The van der Waals surface area contributed by atoms with Crippen LogP contribution >= 0.6 is 0 Å². The van der Waals surface area contributed by atoms with Gasteiger partial charge in [-0.2, -0.15) is 0 Å². The average molecular weight is 370 g/mol. The normalized spacial score (nSPS) is 10.4. The maximum absolute atomic E-state index is 12.4. The van der Waals surface area contributed by atoms with E-state index in [1.165, 1.54) is 0 Å². The van der Waals surface area contributed by atoms with Gasteiger partial charge in [-0.05, 0) is 36.9 Å². The monoisotopic (exact) mass is 370 g/mol. The van der Waals surface area contributed by atoms with E-state index in [1.807, 2.05) is 36.2 Å². The number of carbonyl (C=O) groups excluding carboxylic acids is 1. The Kier molecular flexibility index (Phi) is 7.70. The fraction of sp³-hybridized carbons (Fsp3) is 0.286. The Hall–Kier alpha value is -2.99. The van der Waals surface area contributed by atoms with Gasteiger partial charge >= 0.3 is 0 Å². The first-order valence-corrected chi connectivity index (χ1v) is 8.58. The Morgan fingerprint density at radius 3 is 2.44 bits per heavy atom. The lowest BCUT2D eigenvalue weighted by molar-refractivity contribution is -0.117. The van der Waals surface area contributed by atoms with Crippen LogP contribution in [0.15, 0.2) is 55.1 Å². The predicted octanol–water partition coefficient (Wildman–Crippen LogP) is 3.34. The molecule has 2 aromatic carbocycles. The van der Waals surface area contributed by atoms with Crippen LogP contribution in [0.5, 0.6) is 17.2 Å². The van der Waals surface area contributed by atoms with E-state index in [-0.39, 0.29) is 12.5 Å². The van der Waals surface area contributed by atoms with E-state index in [9.17, 15) is 4.79 Å². The molecule has 0 fully saturated rings. The van der Waals surface area contributed by atoms with Crippen molar-refractivity contribution in [1.29, 1.82) is 0 Å². The maximum atomic E-state index is 12.4. The van der Waals surface area contributed by atoms with E-state index in [0.29, 0.717) is 30.3 Å². The maximum Gasteiger partial charge on any atom is 0.238 e. The fourth-order valence-electron chi connectivity index (χ4n) is 2.56. The summed E-state index contributed by atoms with van der Waals surface area (Å²) in [4.78, 5) is 14.3. The molecule has 0 aromatic heterocycles. The number of hydrogen-bond donors (Lipinski definition) is 1. The van der Waals surface area contributed by atoms with Crippen LogP contribution in [0.1, 0.15) is 5.56 Å². The molecule has 0 spiro atoms. The van der Waals surface area contributed by atoms with Gasteiger partial charge in [0.1, 0.15) is 23.9 Å². The zero-order valence-corrected chi connectivity index (χ0v) is 16.0. The summed E-state index contributed by atoms with van der Waals surface area (Å²) in [5, 5.41) is 2.87. The van der Waals surface area contributed by atoms with Crippen LogP contribution in [0.3, 0.4) is 0 Å². The highest BCUT2D eigenvalue weighted by Gasteiger charge is 2.11. The quantitative estimate of drug-likeness (QED) is 0.650. The van der Waals surface area contributed by atoms with Crippen molar-refractivity contribution in [2.24, 2.45) is 0 Å². The molecule has 144 valence electrons. The molecular formula is C21H26N2O4. The first kappa shape index (κ1) is 20.3. The number of ether oxygens (including phenoxy) is 3. The Bertz CT molecular complexity index is 759. The molecular weight excluding hydrogens is 344 g/mol. The molecule has 0 aliphatic heterocycles. The van der Waals surface area contributed by atoms with E-state index >= 15 is 0 Å². The van der Waals surface area contributed by atoms with E-state index in [1.54, 1.807) is 38.5 Å². The SMILES string of the molecule is C=CCOc1ccc(CN(C)CC(=O)Nc2cc(OC)ccc2OC)cc1. The fourth-order valence-corrected chi connectivity index (χ4v) is 2.56. The second kappa shape index (κ2) is 10.2. The smallest absolute Gasteiger partial charge is 0.238 e. The van der Waals surface area contributed by atoms with Gasteiger partial charge in [0.15, 0.2) is 0 Å². The molecule has 0 aliphatic rings. The molecule has 1 amide bonds. The second-order valence-electron chi connectivity index (χ2n) is 6.03. The van der Waals surface area contributed by atoms with Crippen LogP contribution in [0.4, 0.5) is 5.69 Å². The minimum atomic E-state index is -0.130. The van der Waals surface area contributed by atoms with E-state index < -0.39 is 0 Å². The molecule has 0 aliphatic carbocycles. The van der Waals surface area contributed by atoms with E-state index in [0.717, 1.165) is 11.3 Å². The van der Waals surface area contributed by atoms with Gasteiger partial charge in [-0.3, -0.25) is 9.69 Å². The summed E-state index contributed by atoms with van der Waals surface area (Å²) < 4.78 is 15.9. The summed E-state index contributed by atoms with van der Waals surface area (Å²) in [5.74, 6) is 1.90. The lowest BCUT2D eigenvalue weighted by Gasteiger charge is -2.17. The van der Waals surface area contributed by atoms with Gasteiger partial charge in [-0.15, -0.1) is 0 Å². The van der Waals surface area contributed by atoms with Crippen molar-refractivity contribution in [3.05, 3.63) is 60.7 Å². The third-order valence-corrected chi connectivity index (χ3v) is 3.84. The molecule has 1 N–H and O–H groups in total. The molecule has 6 nitrogen and oxygen atoms in total. The zero-order chi connectivity index (χ0) is 19.6. The second-order valence-corrected chi connectivity index (χ2v) is 6.03. The predicted molar refractivity (Wildman–Crippen MR) is 107 cm³/mol. The molecule has 0 atom stereocenters. The third kappa shape index (κ3) is 6.34. The van der Waals surface area contributed by atoms with Gasteiger partial charge in [-0.25, -0.2) is 0 Å². The minimum Gasteiger partial charge on any atom is -0.497 e. The van der Waals surface area contributed by atoms with Gasteiger partial charge in [-0.1, -0.05) is 24.8 Å². The molecule has 0 saturated heterocycles. The first-order chi connectivity index (χ1) is 13.0. The Morgan fingerprint density at radius 2 is 1.81 bits per heavy atom. The summed E-state index contributed by atoms with van der Waals surface area (Å²) in [6, 6.07) is 13.1. The van der Waals surface area contributed by atoms with Gasteiger partial charge in [0.05, 0.1) is 26.5 Å². The number of carbonyl (C=O) groups is 1. The van der Waals surface area contributed by atoms with Crippen molar-refractivity contribution in [3.63, 3.8) is 0 Å². The standard InChI is InChI=1S/C21H26N2O4/c1-5-12-27-17-8-6-16(7-9-17)14-23(2)15-21(24)22-19-13-18(25-3)10-11-20(19)26-4/h5-11,13H,1,12,14-15H2,2-4H3,(H,22,24). The topological polar surface area (TPSA) is 60.0 Å². The van der Waals surface area contributed by atoms with Crippen LogP contribution < -0.4 is 19.5 Å². The molecule has 0 heterocycles. The number of anilines is 1. The van der Waals surface area contributed by atoms with Gasteiger partial charge in [0, 0.05) is 12.6 Å². The summed E-state index contributed by atoms with van der Waals surface area (Å²) >= 11 is 0. The number of nitrogens with zero attached hydrogens (tertiary/aromatic N) is 1. The van der Waals surface area contributed by atoms with Crippen LogP contribution in [-0.2, 0) is 11.3 Å². The van der Waals surface area contributed by atoms with Crippen LogP contribution in [0.2, 0.25) is 0 Å². The molecule has 6 heteroatoms. The van der Waals surface area contributed by atoms with Crippen molar-refractivity contribution < 1.29 is 19.0 Å². The van der Waals surface area contributed by atoms with Crippen molar-refractivity contribution in [3.8, 4) is 17.2 Å². The number of nitrogens with one attached hydrogen (secondary N) is 1.